The van der Waals surface area contributed by atoms with E-state index in [4.69, 9.17) is 18.9 Å². The summed E-state index contributed by atoms with van der Waals surface area (Å²) < 4.78 is 21.1. The van der Waals surface area contributed by atoms with Gasteiger partial charge in [-0.15, -0.1) is 0 Å². The first-order chi connectivity index (χ1) is 14.6. The van der Waals surface area contributed by atoms with Crippen molar-refractivity contribution in [2.75, 3.05) is 44.3 Å². The van der Waals surface area contributed by atoms with Gasteiger partial charge in [0, 0.05) is 43.2 Å². The van der Waals surface area contributed by atoms with E-state index >= 15 is 0 Å². The average Bonchev–Trinajstić information content (AvgIpc) is 3.38. The smallest absolute Gasteiger partial charge is 0.319 e. The van der Waals surface area contributed by atoms with Gasteiger partial charge in [-0.3, -0.25) is 4.79 Å². The van der Waals surface area contributed by atoms with Crippen LogP contribution in [0.25, 0.3) is 0 Å². The van der Waals surface area contributed by atoms with Crippen LogP contribution in [0.1, 0.15) is 6.42 Å². The van der Waals surface area contributed by atoms with Crippen LogP contribution >= 0.6 is 0 Å². The van der Waals surface area contributed by atoms with Crippen LogP contribution in [0.5, 0.6) is 23.0 Å². The summed E-state index contributed by atoms with van der Waals surface area (Å²) in [5, 5.41) is 5.59. The highest BCUT2D eigenvalue weighted by Crippen LogP contribution is 2.37. The number of amides is 3. The van der Waals surface area contributed by atoms with E-state index < -0.39 is 0 Å². The predicted molar refractivity (Wildman–Crippen MR) is 110 cm³/mol. The number of urea groups is 1. The van der Waals surface area contributed by atoms with Gasteiger partial charge in [0.2, 0.25) is 12.7 Å². The summed E-state index contributed by atoms with van der Waals surface area (Å²) in [6.45, 7) is 1.08. The Morgan fingerprint density at radius 2 is 1.97 bits per heavy atom. The van der Waals surface area contributed by atoms with E-state index in [9.17, 15) is 9.59 Å². The van der Waals surface area contributed by atoms with Gasteiger partial charge in [0.25, 0.3) is 0 Å². The molecule has 2 aliphatic heterocycles. The lowest BCUT2D eigenvalue weighted by Crippen LogP contribution is -2.34. The van der Waals surface area contributed by atoms with Crippen molar-refractivity contribution < 1.29 is 28.5 Å². The molecule has 0 spiro atoms. The molecule has 2 aromatic carbocycles. The molecular weight excluding hydrogens is 390 g/mol. The molecule has 30 heavy (non-hydrogen) atoms. The summed E-state index contributed by atoms with van der Waals surface area (Å²) in [7, 11) is 3.08. The average molecular weight is 413 g/mol. The predicted octanol–water partition coefficient (Wildman–Crippen LogP) is 2.61. The number of anilines is 2. The lowest BCUT2D eigenvalue weighted by Gasteiger charge is -2.17. The number of carbonyl (C=O) groups is 2. The first-order valence-electron chi connectivity index (χ1n) is 9.54. The third kappa shape index (κ3) is 4.05. The van der Waals surface area contributed by atoms with Crippen molar-refractivity contribution in [3.63, 3.8) is 0 Å². The standard InChI is InChI=1S/C21H23N3O6/c1-27-15-4-5-16(18(9-15)28-2)23-21(26)22-10-13-7-20(25)24(11-13)14-3-6-17-19(8-14)30-12-29-17/h3-6,8-9,13H,7,10-12H2,1-2H3,(H2,22,23,26)/t13-/m1/s1. The fourth-order valence-electron chi connectivity index (χ4n) is 3.53. The van der Waals surface area contributed by atoms with Crippen molar-refractivity contribution >= 4 is 23.3 Å². The zero-order chi connectivity index (χ0) is 21.1. The van der Waals surface area contributed by atoms with Gasteiger partial charge in [0.05, 0.1) is 19.9 Å². The molecule has 4 rings (SSSR count). The van der Waals surface area contributed by atoms with Crippen molar-refractivity contribution in [1.82, 2.24) is 5.32 Å². The molecule has 0 aromatic heterocycles. The molecule has 1 saturated heterocycles. The summed E-state index contributed by atoms with van der Waals surface area (Å²) in [6.07, 6.45) is 0.362. The van der Waals surface area contributed by atoms with Crippen LogP contribution < -0.4 is 34.5 Å². The molecule has 9 heteroatoms. The highest BCUT2D eigenvalue weighted by molar-refractivity contribution is 5.96. The number of ether oxygens (including phenoxy) is 4. The van der Waals surface area contributed by atoms with Crippen LogP contribution in [0.3, 0.4) is 0 Å². The molecule has 0 radical (unpaired) electrons. The van der Waals surface area contributed by atoms with Gasteiger partial charge in [-0.2, -0.15) is 0 Å². The lowest BCUT2D eigenvalue weighted by molar-refractivity contribution is -0.117. The molecule has 2 aromatic rings. The quantitative estimate of drug-likeness (QED) is 0.756. The van der Waals surface area contributed by atoms with Crippen molar-refractivity contribution in [3.8, 4) is 23.0 Å². The topological polar surface area (TPSA) is 98.4 Å². The second-order valence-electron chi connectivity index (χ2n) is 7.01. The van der Waals surface area contributed by atoms with Crippen LogP contribution in [-0.2, 0) is 4.79 Å². The fourth-order valence-corrected chi connectivity index (χ4v) is 3.53. The molecule has 2 aliphatic rings. The zero-order valence-electron chi connectivity index (χ0n) is 16.8. The molecule has 1 fully saturated rings. The third-order valence-electron chi connectivity index (χ3n) is 5.08. The summed E-state index contributed by atoms with van der Waals surface area (Å²) in [4.78, 5) is 26.5. The molecule has 0 aliphatic carbocycles. The number of hydrogen-bond acceptors (Lipinski definition) is 6. The van der Waals surface area contributed by atoms with E-state index in [0.29, 0.717) is 48.2 Å². The highest BCUT2D eigenvalue weighted by Gasteiger charge is 2.31. The maximum atomic E-state index is 12.5. The molecule has 2 N–H and O–H groups in total. The zero-order valence-corrected chi connectivity index (χ0v) is 16.8. The van der Waals surface area contributed by atoms with E-state index in [0.717, 1.165) is 5.69 Å². The fraction of sp³-hybridized carbons (Fsp3) is 0.333. The van der Waals surface area contributed by atoms with E-state index in [1.165, 1.54) is 7.11 Å². The Labute approximate surface area is 173 Å². The maximum absolute atomic E-state index is 12.5. The lowest BCUT2D eigenvalue weighted by atomic mass is 10.1. The number of nitrogens with one attached hydrogen (secondary N) is 2. The Bertz CT molecular complexity index is 964. The number of benzene rings is 2. The summed E-state index contributed by atoms with van der Waals surface area (Å²) in [5.74, 6) is 2.45. The minimum absolute atomic E-state index is 0.00596. The summed E-state index contributed by atoms with van der Waals surface area (Å²) in [6, 6.07) is 10.2. The van der Waals surface area contributed by atoms with E-state index in [-0.39, 0.29) is 24.6 Å². The second-order valence-corrected chi connectivity index (χ2v) is 7.01. The molecule has 158 valence electrons. The van der Waals surface area contributed by atoms with Gasteiger partial charge >= 0.3 is 6.03 Å². The Hall–Kier alpha value is -3.62. The molecule has 0 saturated carbocycles. The second kappa shape index (κ2) is 8.40. The van der Waals surface area contributed by atoms with E-state index in [1.807, 2.05) is 6.07 Å². The molecule has 9 nitrogen and oxygen atoms in total. The SMILES string of the molecule is COc1ccc(NC(=O)NC[C@H]2CC(=O)N(c3ccc4c(c3)OCO4)C2)c(OC)c1. The first kappa shape index (κ1) is 19.7. The largest absolute Gasteiger partial charge is 0.497 e. The third-order valence-corrected chi connectivity index (χ3v) is 5.08. The molecular formula is C21H23N3O6. The van der Waals surface area contributed by atoms with Gasteiger partial charge < -0.3 is 34.5 Å². The number of fused-ring (bicyclic) bond motifs is 1. The van der Waals surface area contributed by atoms with Crippen LogP contribution in [0.15, 0.2) is 36.4 Å². The Kier molecular flexibility index (Phi) is 5.51. The number of methoxy groups -OCH3 is 2. The van der Waals surface area contributed by atoms with Crippen molar-refractivity contribution in [2.45, 2.75) is 6.42 Å². The molecule has 0 unspecified atom stereocenters. The number of carbonyl (C=O) groups excluding carboxylic acids is 2. The van der Waals surface area contributed by atoms with Crippen molar-refractivity contribution in [2.24, 2.45) is 5.92 Å². The summed E-state index contributed by atoms with van der Waals surface area (Å²) >= 11 is 0. The van der Waals surface area contributed by atoms with Crippen LogP contribution in [0.2, 0.25) is 0 Å². The number of nitrogens with zero attached hydrogens (tertiary/aromatic N) is 1. The number of rotatable bonds is 6. The van der Waals surface area contributed by atoms with Crippen LogP contribution in [-0.4, -0.2) is 46.0 Å². The minimum Gasteiger partial charge on any atom is -0.497 e. The summed E-state index contributed by atoms with van der Waals surface area (Å²) in [5.41, 5.74) is 1.29. The van der Waals surface area contributed by atoms with Crippen molar-refractivity contribution in [1.29, 1.82) is 0 Å². The minimum atomic E-state index is -0.368. The number of hydrogen-bond donors (Lipinski definition) is 2. The van der Waals surface area contributed by atoms with E-state index in [1.54, 1.807) is 42.3 Å². The maximum Gasteiger partial charge on any atom is 0.319 e. The molecule has 0 bridgehead atoms. The Balaban J connectivity index is 1.32. The monoisotopic (exact) mass is 413 g/mol. The van der Waals surface area contributed by atoms with Gasteiger partial charge in [0.15, 0.2) is 11.5 Å². The Morgan fingerprint density at radius 1 is 1.13 bits per heavy atom. The van der Waals surface area contributed by atoms with Gasteiger partial charge in [-0.25, -0.2) is 4.79 Å². The van der Waals surface area contributed by atoms with Gasteiger partial charge in [-0.1, -0.05) is 0 Å². The molecule has 1 atom stereocenters. The first-order valence-corrected chi connectivity index (χ1v) is 9.54. The van der Waals surface area contributed by atoms with Gasteiger partial charge in [0.1, 0.15) is 11.5 Å². The van der Waals surface area contributed by atoms with Crippen LogP contribution in [0, 0.1) is 5.92 Å². The highest BCUT2D eigenvalue weighted by atomic mass is 16.7. The van der Waals surface area contributed by atoms with E-state index in [2.05, 4.69) is 10.6 Å². The van der Waals surface area contributed by atoms with Crippen molar-refractivity contribution in [3.05, 3.63) is 36.4 Å². The van der Waals surface area contributed by atoms with Crippen LogP contribution in [0.4, 0.5) is 16.2 Å². The molecule has 3 amide bonds. The van der Waals surface area contributed by atoms with Gasteiger partial charge in [-0.05, 0) is 24.3 Å². The normalized spacial score (nSPS) is 17.1. The Morgan fingerprint density at radius 3 is 2.77 bits per heavy atom. The molecule has 2 heterocycles.